The lowest BCUT2D eigenvalue weighted by Crippen LogP contribution is -2.37. The standard InChI is InChI=1S/C19H30N2/c1-20-13-10-16-11-14-21(15-12-16)19-9-5-3-7-17-6-2-4-8-18(17)19/h2,4,6,8,16,19-20H,3,5,7,9-15H2,1H3. The zero-order chi connectivity index (χ0) is 14.5. The van der Waals surface area contributed by atoms with Gasteiger partial charge in [0.05, 0.1) is 0 Å². The van der Waals surface area contributed by atoms with E-state index in [-0.39, 0.29) is 0 Å². The lowest BCUT2D eigenvalue weighted by Gasteiger charge is -2.38. The molecule has 1 aromatic carbocycles. The minimum atomic E-state index is 0.689. The number of hydrogen-bond donors (Lipinski definition) is 1. The molecule has 1 heterocycles. The predicted octanol–water partition coefficient (Wildman–Crippen LogP) is 3.78. The molecule has 1 fully saturated rings. The molecule has 1 unspecified atom stereocenters. The van der Waals surface area contributed by atoms with Gasteiger partial charge in [0.15, 0.2) is 0 Å². The maximum atomic E-state index is 3.30. The number of likely N-dealkylation sites (tertiary alicyclic amines) is 1. The van der Waals surface area contributed by atoms with Gasteiger partial charge in [0.25, 0.3) is 0 Å². The van der Waals surface area contributed by atoms with E-state index in [4.69, 9.17) is 0 Å². The maximum absolute atomic E-state index is 3.30. The molecule has 1 aromatic rings. The fraction of sp³-hybridized carbons (Fsp3) is 0.684. The molecule has 1 atom stereocenters. The van der Waals surface area contributed by atoms with Crippen molar-refractivity contribution < 1.29 is 0 Å². The molecule has 0 radical (unpaired) electrons. The summed E-state index contributed by atoms with van der Waals surface area (Å²) in [5, 5.41) is 3.30. The van der Waals surface area contributed by atoms with Gasteiger partial charge in [-0.25, -0.2) is 0 Å². The van der Waals surface area contributed by atoms with Crippen LogP contribution in [0.15, 0.2) is 24.3 Å². The second-order valence-electron chi connectivity index (χ2n) is 6.83. The summed E-state index contributed by atoms with van der Waals surface area (Å²) in [4.78, 5) is 2.78. The molecule has 1 aliphatic carbocycles. The van der Waals surface area contributed by atoms with Gasteiger partial charge in [0.2, 0.25) is 0 Å². The van der Waals surface area contributed by atoms with Crippen LogP contribution in [0.4, 0.5) is 0 Å². The third kappa shape index (κ3) is 3.67. The minimum absolute atomic E-state index is 0.689. The summed E-state index contributed by atoms with van der Waals surface area (Å²) in [6, 6.07) is 9.88. The number of aryl methyl sites for hydroxylation is 1. The molecule has 116 valence electrons. The Labute approximate surface area is 129 Å². The molecule has 0 spiro atoms. The van der Waals surface area contributed by atoms with Crippen molar-refractivity contribution in [3.63, 3.8) is 0 Å². The predicted molar refractivity (Wildman–Crippen MR) is 89.6 cm³/mol. The summed E-state index contributed by atoms with van der Waals surface area (Å²) < 4.78 is 0. The average molecular weight is 286 g/mol. The van der Waals surface area contributed by atoms with Crippen LogP contribution in [0, 0.1) is 5.92 Å². The first kappa shape index (κ1) is 15.1. The first-order valence-corrected chi connectivity index (χ1v) is 8.85. The zero-order valence-corrected chi connectivity index (χ0v) is 13.5. The summed E-state index contributed by atoms with van der Waals surface area (Å²) in [6.45, 7) is 3.78. The van der Waals surface area contributed by atoms with Gasteiger partial charge in [-0.2, -0.15) is 0 Å². The number of hydrogen-bond acceptors (Lipinski definition) is 2. The van der Waals surface area contributed by atoms with E-state index in [2.05, 4.69) is 41.5 Å². The second-order valence-corrected chi connectivity index (χ2v) is 6.83. The third-order valence-electron chi connectivity index (χ3n) is 5.48. The number of benzene rings is 1. The molecule has 2 nitrogen and oxygen atoms in total. The SMILES string of the molecule is CNCCC1CCN(C2CCCCc3ccccc32)CC1. The van der Waals surface area contributed by atoms with Crippen LogP contribution in [-0.2, 0) is 6.42 Å². The highest BCUT2D eigenvalue weighted by Crippen LogP contribution is 2.35. The van der Waals surface area contributed by atoms with E-state index in [0.717, 1.165) is 5.92 Å². The number of piperidine rings is 1. The van der Waals surface area contributed by atoms with Crippen LogP contribution in [0.1, 0.15) is 55.7 Å². The Balaban J connectivity index is 1.65. The average Bonchev–Trinajstić information content (AvgIpc) is 2.76. The Morgan fingerprint density at radius 1 is 1.10 bits per heavy atom. The van der Waals surface area contributed by atoms with E-state index < -0.39 is 0 Å². The summed E-state index contributed by atoms with van der Waals surface area (Å²) in [7, 11) is 2.07. The van der Waals surface area contributed by atoms with Crippen LogP contribution in [-0.4, -0.2) is 31.6 Å². The molecule has 3 rings (SSSR count). The van der Waals surface area contributed by atoms with Crippen molar-refractivity contribution in [2.75, 3.05) is 26.7 Å². The van der Waals surface area contributed by atoms with Crippen molar-refractivity contribution in [3.8, 4) is 0 Å². The van der Waals surface area contributed by atoms with Gasteiger partial charge in [-0.05, 0) is 82.3 Å². The van der Waals surface area contributed by atoms with Crippen LogP contribution >= 0.6 is 0 Å². The van der Waals surface area contributed by atoms with Crippen molar-refractivity contribution >= 4 is 0 Å². The van der Waals surface area contributed by atoms with Crippen molar-refractivity contribution in [2.45, 2.75) is 51.0 Å². The first-order valence-electron chi connectivity index (χ1n) is 8.85. The van der Waals surface area contributed by atoms with Gasteiger partial charge in [-0.1, -0.05) is 30.7 Å². The number of nitrogens with zero attached hydrogens (tertiary/aromatic N) is 1. The molecule has 0 saturated carbocycles. The molecule has 0 amide bonds. The molecular formula is C19H30N2. The maximum Gasteiger partial charge on any atom is 0.0350 e. The van der Waals surface area contributed by atoms with Gasteiger partial charge in [0.1, 0.15) is 0 Å². The van der Waals surface area contributed by atoms with Gasteiger partial charge in [0, 0.05) is 6.04 Å². The molecule has 2 aliphatic rings. The Morgan fingerprint density at radius 3 is 2.71 bits per heavy atom. The van der Waals surface area contributed by atoms with E-state index in [1.807, 2.05) is 0 Å². The van der Waals surface area contributed by atoms with E-state index in [1.54, 1.807) is 11.1 Å². The fourth-order valence-corrected chi connectivity index (χ4v) is 4.18. The van der Waals surface area contributed by atoms with Crippen LogP contribution < -0.4 is 5.32 Å². The van der Waals surface area contributed by atoms with Crippen molar-refractivity contribution in [2.24, 2.45) is 5.92 Å². The summed E-state index contributed by atoms with van der Waals surface area (Å²) in [5.41, 5.74) is 3.24. The highest BCUT2D eigenvalue weighted by molar-refractivity contribution is 5.31. The lowest BCUT2D eigenvalue weighted by molar-refractivity contribution is 0.122. The van der Waals surface area contributed by atoms with Gasteiger partial charge < -0.3 is 5.32 Å². The summed E-state index contributed by atoms with van der Waals surface area (Å²) in [6.07, 6.45) is 9.53. The Morgan fingerprint density at radius 2 is 1.90 bits per heavy atom. The van der Waals surface area contributed by atoms with Gasteiger partial charge in [-0.15, -0.1) is 0 Å². The van der Waals surface area contributed by atoms with E-state index in [9.17, 15) is 0 Å². The minimum Gasteiger partial charge on any atom is -0.320 e. The second kappa shape index (κ2) is 7.42. The number of nitrogens with one attached hydrogen (secondary N) is 1. The van der Waals surface area contributed by atoms with E-state index in [0.29, 0.717) is 6.04 Å². The molecule has 0 bridgehead atoms. The first-order chi connectivity index (χ1) is 10.4. The van der Waals surface area contributed by atoms with E-state index >= 15 is 0 Å². The molecule has 2 heteroatoms. The highest BCUT2D eigenvalue weighted by atomic mass is 15.2. The zero-order valence-electron chi connectivity index (χ0n) is 13.5. The Hall–Kier alpha value is -0.860. The van der Waals surface area contributed by atoms with Gasteiger partial charge in [-0.3, -0.25) is 4.90 Å². The van der Waals surface area contributed by atoms with Crippen LogP contribution in [0.2, 0.25) is 0 Å². The Bertz CT molecular complexity index is 435. The topological polar surface area (TPSA) is 15.3 Å². The smallest absolute Gasteiger partial charge is 0.0350 e. The van der Waals surface area contributed by atoms with Crippen LogP contribution in [0.5, 0.6) is 0 Å². The van der Waals surface area contributed by atoms with Crippen LogP contribution in [0.3, 0.4) is 0 Å². The molecule has 1 aliphatic heterocycles. The lowest BCUT2D eigenvalue weighted by atomic mass is 9.90. The normalized spacial score (nSPS) is 24.5. The molecule has 1 saturated heterocycles. The van der Waals surface area contributed by atoms with Crippen molar-refractivity contribution in [1.29, 1.82) is 0 Å². The fourth-order valence-electron chi connectivity index (χ4n) is 4.18. The monoisotopic (exact) mass is 286 g/mol. The van der Waals surface area contributed by atoms with Gasteiger partial charge >= 0.3 is 0 Å². The third-order valence-corrected chi connectivity index (χ3v) is 5.48. The largest absolute Gasteiger partial charge is 0.320 e. The Kier molecular flexibility index (Phi) is 5.32. The number of rotatable bonds is 4. The summed E-state index contributed by atoms with van der Waals surface area (Å²) in [5.74, 6) is 0.940. The summed E-state index contributed by atoms with van der Waals surface area (Å²) >= 11 is 0. The van der Waals surface area contributed by atoms with E-state index in [1.165, 1.54) is 64.6 Å². The number of fused-ring (bicyclic) bond motifs is 1. The molecule has 1 N–H and O–H groups in total. The molecular weight excluding hydrogens is 256 g/mol. The quantitative estimate of drug-likeness (QED) is 0.848. The van der Waals surface area contributed by atoms with Crippen molar-refractivity contribution in [3.05, 3.63) is 35.4 Å². The van der Waals surface area contributed by atoms with Crippen molar-refractivity contribution in [1.82, 2.24) is 10.2 Å². The molecule has 0 aromatic heterocycles. The van der Waals surface area contributed by atoms with Crippen LogP contribution in [0.25, 0.3) is 0 Å². The molecule has 21 heavy (non-hydrogen) atoms. The highest BCUT2D eigenvalue weighted by Gasteiger charge is 2.28.